The first-order valence-corrected chi connectivity index (χ1v) is 13.3. The Morgan fingerprint density at radius 2 is 1.84 bits per heavy atom. The quantitative estimate of drug-likeness (QED) is 0.226. The molecule has 0 unspecified atom stereocenters. The van der Waals surface area contributed by atoms with Gasteiger partial charge in [0.05, 0.1) is 18.2 Å². The van der Waals surface area contributed by atoms with Crippen molar-refractivity contribution in [2.24, 2.45) is 0 Å². The predicted molar refractivity (Wildman–Crippen MR) is 153 cm³/mol. The molecule has 0 aromatic heterocycles. The van der Waals surface area contributed by atoms with E-state index < -0.39 is 0 Å². The summed E-state index contributed by atoms with van der Waals surface area (Å²) in [6.45, 7) is 6.29. The van der Waals surface area contributed by atoms with Crippen LogP contribution in [-0.2, 0) is 16.1 Å². The summed E-state index contributed by atoms with van der Waals surface area (Å²) in [6, 6.07) is 22.6. The van der Waals surface area contributed by atoms with Crippen molar-refractivity contribution in [1.29, 1.82) is 5.26 Å². The summed E-state index contributed by atoms with van der Waals surface area (Å²) in [5.41, 5.74) is 6.68. The highest BCUT2D eigenvalue weighted by atomic mass is 16.5. The molecule has 0 N–H and O–H groups in total. The number of rotatable bonds is 10. The second-order valence-electron chi connectivity index (χ2n) is 9.83. The number of hydrogen-bond acceptors (Lipinski definition) is 5. The fraction of sp³-hybridized carbons (Fsp3) is 0.333. The summed E-state index contributed by atoms with van der Waals surface area (Å²) in [7, 11) is 1.66. The van der Waals surface area contributed by atoms with E-state index in [0.29, 0.717) is 25.3 Å². The molecule has 3 aromatic carbocycles. The van der Waals surface area contributed by atoms with E-state index in [1.165, 1.54) is 0 Å². The van der Waals surface area contributed by atoms with Gasteiger partial charge in [0.15, 0.2) is 0 Å². The molecule has 3 aromatic rings. The fourth-order valence-corrected chi connectivity index (χ4v) is 5.15. The number of ketones is 1. The first-order chi connectivity index (χ1) is 18.5. The van der Waals surface area contributed by atoms with Gasteiger partial charge in [-0.1, -0.05) is 67.1 Å². The van der Waals surface area contributed by atoms with Crippen LogP contribution in [-0.4, -0.2) is 43.6 Å². The molecule has 0 bridgehead atoms. The molecular weight excluding hydrogens is 472 g/mol. The Morgan fingerprint density at radius 3 is 2.58 bits per heavy atom. The van der Waals surface area contributed by atoms with Gasteiger partial charge in [0.25, 0.3) is 0 Å². The molecule has 5 heteroatoms. The number of methoxy groups -OCH3 is 1. The third-order valence-electron chi connectivity index (χ3n) is 7.19. The van der Waals surface area contributed by atoms with Crippen LogP contribution in [0.5, 0.6) is 5.75 Å². The average Bonchev–Trinajstić information content (AvgIpc) is 2.94. The highest BCUT2D eigenvalue weighted by molar-refractivity contribution is 5.82. The molecule has 1 aliphatic heterocycles. The number of carbonyl (C=O) groups is 1. The number of benzene rings is 3. The Kier molecular flexibility index (Phi) is 9.48. The van der Waals surface area contributed by atoms with Gasteiger partial charge in [-0.3, -0.25) is 9.69 Å². The minimum atomic E-state index is -0.0465. The van der Waals surface area contributed by atoms with Crippen molar-refractivity contribution < 1.29 is 14.3 Å². The molecule has 0 aliphatic carbocycles. The Morgan fingerprint density at radius 1 is 1.05 bits per heavy atom. The molecular formula is C33H36N2O3. The Hall–Kier alpha value is -3.72. The maximum absolute atomic E-state index is 12.3. The van der Waals surface area contributed by atoms with E-state index in [0.717, 1.165) is 64.9 Å². The lowest BCUT2D eigenvalue weighted by atomic mass is 9.95. The number of nitriles is 1. The molecule has 1 aliphatic rings. The van der Waals surface area contributed by atoms with Crippen molar-refractivity contribution in [3.63, 3.8) is 0 Å². The minimum Gasteiger partial charge on any atom is -0.491 e. The van der Waals surface area contributed by atoms with Crippen molar-refractivity contribution >= 4 is 17.9 Å². The van der Waals surface area contributed by atoms with E-state index in [4.69, 9.17) is 9.47 Å². The molecule has 0 saturated carbocycles. The van der Waals surface area contributed by atoms with Crippen LogP contribution < -0.4 is 4.74 Å². The van der Waals surface area contributed by atoms with E-state index in [1.807, 2.05) is 54.6 Å². The van der Waals surface area contributed by atoms with Gasteiger partial charge in [0, 0.05) is 24.8 Å². The molecule has 1 saturated heterocycles. The maximum Gasteiger partial charge on any atom is 0.146 e. The summed E-state index contributed by atoms with van der Waals surface area (Å²) >= 11 is 0. The van der Waals surface area contributed by atoms with Crippen molar-refractivity contribution in [1.82, 2.24) is 4.90 Å². The SMILES string of the molecule is COCCOc1cc(C)c(/C=C/c2cccc(-c3ccccc3)c2C#N)cc1CN1CCCC[C@H]1C(C)=O. The Balaban J connectivity index is 1.68. The molecule has 0 amide bonds. The third kappa shape index (κ3) is 6.58. The average molecular weight is 509 g/mol. The first-order valence-electron chi connectivity index (χ1n) is 13.3. The highest BCUT2D eigenvalue weighted by Gasteiger charge is 2.27. The Bertz CT molecular complexity index is 1320. The summed E-state index contributed by atoms with van der Waals surface area (Å²) in [5, 5.41) is 10.0. The summed E-state index contributed by atoms with van der Waals surface area (Å²) in [5.74, 6) is 1.05. The van der Waals surface area contributed by atoms with E-state index >= 15 is 0 Å². The lowest BCUT2D eigenvalue weighted by Crippen LogP contribution is -2.43. The van der Waals surface area contributed by atoms with Gasteiger partial charge in [-0.25, -0.2) is 0 Å². The van der Waals surface area contributed by atoms with E-state index in [-0.39, 0.29) is 11.8 Å². The molecule has 4 rings (SSSR count). The van der Waals surface area contributed by atoms with Crippen LogP contribution in [0.3, 0.4) is 0 Å². The van der Waals surface area contributed by atoms with E-state index in [9.17, 15) is 10.1 Å². The number of carbonyl (C=O) groups excluding carboxylic acids is 1. The van der Waals surface area contributed by atoms with Crippen LogP contribution in [0.15, 0.2) is 60.7 Å². The molecule has 196 valence electrons. The largest absolute Gasteiger partial charge is 0.491 e. The van der Waals surface area contributed by atoms with Crippen molar-refractivity contribution in [2.75, 3.05) is 26.9 Å². The van der Waals surface area contributed by atoms with Gasteiger partial charge in [-0.05, 0) is 67.6 Å². The number of Topliss-reactive ketones (excluding diaryl/α,β-unsaturated/α-hetero) is 1. The lowest BCUT2D eigenvalue weighted by molar-refractivity contribution is -0.123. The van der Waals surface area contributed by atoms with Gasteiger partial charge in [-0.15, -0.1) is 0 Å². The highest BCUT2D eigenvalue weighted by Crippen LogP contribution is 2.31. The van der Waals surface area contributed by atoms with Gasteiger partial charge >= 0.3 is 0 Å². The third-order valence-corrected chi connectivity index (χ3v) is 7.19. The lowest BCUT2D eigenvalue weighted by Gasteiger charge is -2.34. The smallest absolute Gasteiger partial charge is 0.146 e. The van der Waals surface area contributed by atoms with Crippen molar-refractivity contribution in [3.05, 3.63) is 88.5 Å². The number of piperidine rings is 1. The monoisotopic (exact) mass is 508 g/mol. The van der Waals surface area contributed by atoms with Gasteiger partial charge in [0.2, 0.25) is 0 Å². The minimum absolute atomic E-state index is 0.0465. The second-order valence-corrected chi connectivity index (χ2v) is 9.83. The van der Waals surface area contributed by atoms with E-state index in [2.05, 4.69) is 36.1 Å². The van der Waals surface area contributed by atoms with Gasteiger partial charge in [0.1, 0.15) is 24.2 Å². The van der Waals surface area contributed by atoms with Gasteiger partial charge < -0.3 is 9.47 Å². The topological polar surface area (TPSA) is 62.6 Å². The molecule has 5 nitrogen and oxygen atoms in total. The molecule has 0 radical (unpaired) electrons. The zero-order valence-electron chi connectivity index (χ0n) is 22.6. The summed E-state index contributed by atoms with van der Waals surface area (Å²) in [4.78, 5) is 14.6. The zero-order chi connectivity index (χ0) is 26.9. The molecule has 0 spiro atoms. The van der Waals surface area contributed by atoms with Crippen LogP contribution in [0.1, 0.15) is 54.0 Å². The number of ether oxygens (including phenoxy) is 2. The molecule has 38 heavy (non-hydrogen) atoms. The molecule has 1 atom stereocenters. The number of nitrogens with zero attached hydrogens (tertiary/aromatic N) is 2. The Labute approximate surface area is 226 Å². The van der Waals surface area contributed by atoms with Crippen LogP contribution in [0.2, 0.25) is 0 Å². The molecule has 1 heterocycles. The second kappa shape index (κ2) is 13.2. The van der Waals surface area contributed by atoms with Gasteiger partial charge in [-0.2, -0.15) is 5.26 Å². The fourth-order valence-electron chi connectivity index (χ4n) is 5.15. The van der Waals surface area contributed by atoms with E-state index in [1.54, 1.807) is 14.0 Å². The molecule has 1 fully saturated rings. The first kappa shape index (κ1) is 27.3. The van der Waals surface area contributed by atoms with Crippen molar-refractivity contribution in [2.45, 2.75) is 45.7 Å². The number of likely N-dealkylation sites (tertiary alicyclic amines) is 1. The van der Waals surface area contributed by atoms with Crippen LogP contribution >= 0.6 is 0 Å². The zero-order valence-corrected chi connectivity index (χ0v) is 22.6. The summed E-state index contributed by atoms with van der Waals surface area (Å²) in [6.07, 6.45) is 7.17. The van der Waals surface area contributed by atoms with Crippen LogP contribution in [0.4, 0.5) is 0 Å². The number of hydrogen-bond donors (Lipinski definition) is 0. The normalized spacial score (nSPS) is 15.9. The maximum atomic E-state index is 12.3. The number of aryl methyl sites for hydroxylation is 1. The standard InChI is InChI=1S/C33H36N2O3/c1-24-20-33(38-19-18-37-3)29(23-35-17-8-7-14-32(35)25(2)36)21-28(24)16-15-27-12-9-13-30(31(27)22-34)26-10-5-4-6-11-26/h4-6,9-13,15-16,20-21,32H,7-8,14,17-19,23H2,1-3H3/b16-15+/t32-/m0/s1. The predicted octanol–water partition coefficient (Wildman–Crippen LogP) is 6.67. The van der Waals surface area contributed by atoms with Crippen molar-refractivity contribution in [3.8, 4) is 22.9 Å². The van der Waals surface area contributed by atoms with Crippen LogP contribution in [0.25, 0.3) is 23.3 Å². The van der Waals surface area contributed by atoms with Crippen LogP contribution in [0, 0.1) is 18.3 Å². The summed E-state index contributed by atoms with van der Waals surface area (Å²) < 4.78 is 11.3.